The number of hydrogen-bond donors (Lipinski definition) is 3. The van der Waals surface area contributed by atoms with Crippen molar-refractivity contribution < 1.29 is 9.90 Å². The predicted octanol–water partition coefficient (Wildman–Crippen LogP) is 2.08. The summed E-state index contributed by atoms with van der Waals surface area (Å²) >= 11 is 0. The molecule has 0 spiro atoms. The number of rotatable bonds is 2. The molecule has 0 aliphatic rings. The molecule has 0 bridgehead atoms. The van der Waals surface area contributed by atoms with Gasteiger partial charge in [-0.2, -0.15) is 5.10 Å². The van der Waals surface area contributed by atoms with Gasteiger partial charge in [0.05, 0.1) is 5.69 Å². The molecule has 0 aliphatic heterocycles. The van der Waals surface area contributed by atoms with Crippen LogP contribution in [0.2, 0.25) is 0 Å². The van der Waals surface area contributed by atoms with E-state index < -0.39 is 6.03 Å². The average molecular weight is 246 g/mol. The minimum absolute atomic E-state index is 0.0184. The van der Waals surface area contributed by atoms with Gasteiger partial charge in [-0.05, 0) is 19.1 Å². The lowest BCUT2D eigenvalue weighted by Crippen LogP contribution is -2.19. The zero-order chi connectivity index (χ0) is 13.1. The number of phenols is 1. The zero-order valence-corrected chi connectivity index (χ0v) is 10.1. The molecule has 2 rings (SSSR count). The summed E-state index contributed by atoms with van der Waals surface area (Å²) in [7, 11) is 1.79. The summed E-state index contributed by atoms with van der Waals surface area (Å²) in [5.41, 5.74) is 1.29. The minimum atomic E-state index is -0.449. The first-order chi connectivity index (χ1) is 8.56. The molecule has 2 amide bonds. The van der Waals surface area contributed by atoms with Gasteiger partial charge in [-0.25, -0.2) is 4.79 Å². The van der Waals surface area contributed by atoms with Gasteiger partial charge in [0.1, 0.15) is 5.75 Å². The summed E-state index contributed by atoms with van der Waals surface area (Å²) in [6.45, 7) is 1.89. The molecule has 0 unspecified atom stereocenters. The Morgan fingerprint density at radius 1 is 1.33 bits per heavy atom. The van der Waals surface area contributed by atoms with Crippen LogP contribution < -0.4 is 10.6 Å². The lowest BCUT2D eigenvalue weighted by atomic mass is 10.3. The highest BCUT2D eigenvalue weighted by atomic mass is 16.3. The number of aromatic hydroxyl groups is 1. The first kappa shape index (κ1) is 12.0. The SMILES string of the molecule is Cc1cc(NC(=O)Nc2ccccc2O)nn1C. The molecule has 0 radical (unpaired) electrons. The molecular weight excluding hydrogens is 232 g/mol. The topological polar surface area (TPSA) is 79.2 Å². The molecule has 6 nitrogen and oxygen atoms in total. The van der Waals surface area contributed by atoms with Crippen molar-refractivity contribution in [3.8, 4) is 5.75 Å². The van der Waals surface area contributed by atoms with Gasteiger partial charge < -0.3 is 10.4 Å². The number of urea groups is 1. The summed E-state index contributed by atoms with van der Waals surface area (Å²) in [5, 5.41) is 18.7. The van der Waals surface area contributed by atoms with Crippen LogP contribution in [0, 0.1) is 6.92 Å². The monoisotopic (exact) mass is 246 g/mol. The van der Waals surface area contributed by atoms with E-state index in [1.54, 1.807) is 36.0 Å². The number of benzene rings is 1. The molecule has 0 saturated carbocycles. The van der Waals surface area contributed by atoms with Crippen LogP contribution >= 0.6 is 0 Å². The Kier molecular flexibility index (Phi) is 3.18. The molecule has 0 fully saturated rings. The Balaban J connectivity index is 2.03. The van der Waals surface area contributed by atoms with Gasteiger partial charge in [0.15, 0.2) is 5.82 Å². The predicted molar refractivity (Wildman–Crippen MR) is 68.7 cm³/mol. The fraction of sp³-hybridized carbons (Fsp3) is 0.167. The molecule has 6 heteroatoms. The van der Waals surface area contributed by atoms with Gasteiger partial charge in [0.25, 0.3) is 0 Å². The second-order valence-corrected chi connectivity index (χ2v) is 3.89. The van der Waals surface area contributed by atoms with Crippen molar-refractivity contribution >= 4 is 17.5 Å². The van der Waals surface area contributed by atoms with Crippen LogP contribution in [0.3, 0.4) is 0 Å². The first-order valence-electron chi connectivity index (χ1n) is 5.43. The first-order valence-corrected chi connectivity index (χ1v) is 5.43. The number of hydrogen-bond acceptors (Lipinski definition) is 3. The number of carbonyl (C=O) groups is 1. The molecule has 94 valence electrons. The fourth-order valence-corrected chi connectivity index (χ4v) is 1.47. The van der Waals surface area contributed by atoms with Crippen LogP contribution in [0.5, 0.6) is 5.75 Å². The normalized spacial score (nSPS) is 10.1. The molecule has 1 heterocycles. The van der Waals surface area contributed by atoms with Crippen molar-refractivity contribution in [2.75, 3.05) is 10.6 Å². The van der Waals surface area contributed by atoms with Crippen LogP contribution in [0.1, 0.15) is 5.69 Å². The molecule has 1 aromatic heterocycles. The van der Waals surface area contributed by atoms with Crippen molar-refractivity contribution in [3.05, 3.63) is 36.0 Å². The number of aryl methyl sites for hydroxylation is 2. The number of phenolic OH excluding ortho intramolecular Hbond substituents is 1. The van der Waals surface area contributed by atoms with Gasteiger partial charge in [0.2, 0.25) is 0 Å². The highest BCUT2D eigenvalue weighted by molar-refractivity contribution is 6.00. The van der Waals surface area contributed by atoms with E-state index in [0.29, 0.717) is 11.5 Å². The second-order valence-electron chi connectivity index (χ2n) is 3.89. The van der Waals surface area contributed by atoms with Crippen LogP contribution in [-0.4, -0.2) is 20.9 Å². The zero-order valence-electron chi connectivity index (χ0n) is 10.1. The molecule has 2 aromatic rings. The van der Waals surface area contributed by atoms with E-state index in [9.17, 15) is 9.90 Å². The standard InChI is InChI=1S/C12H14N4O2/c1-8-7-11(15-16(8)2)14-12(18)13-9-5-3-4-6-10(9)17/h3-7,17H,1-2H3,(H2,13,14,15,18). The van der Waals surface area contributed by atoms with E-state index in [-0.39, 0.29) is 5.75 Å². The second kappa shape index (κ2) is 4.79. The Bertz CT molecular complexity index is 558. The van der Waals surface area contributed by atoms with Crippen molar-refractivity contribution in [2.45, 2.75) is 6.92 Å². The van der Waals surface area contributed by atoms with Gasteiger partial charge >= 0.3 is 6.03 Å². The molecule has 3 N–H and O–H groups in total. The van der Waals surface area contributed by atoms with Crippen molar-refractivity contribution in [3.63, 3.8) is 0 Å². The lowest BCUT2D eigenvalue weighted by molar-refractivity contribution is 0.262. The van der Waals surface area contributed by atoms with Crippen molar-refractivity contribution in [1.82, 2.24) is 9.78 Å². The third-order valence-corrected chi connectivity index (χ3v) is 2.51. The molecule has 0 aliphatic carbocycles. The smallest absolute Gasteiger partial charge is 0.325 e. The van der Waals surface area contributed by atoms with Gasteiger partial charge in [-0.3, -0.25) is 10.00 Å². The maximum atomic E-state index is 11.7. The van der Waals surface area contributed by atoms with Crippen LogP contribution in [0.15, 0.2) is 30.3 Å². The van der Waals surface area contributed by atoms with E-state index in [2.05, 4.69) is 15.7 Å². The van der Waals surface area contributed by atoms with E-state index in [4.69, 9.17) is 0 Å². The summed E-state index contributed by atoms with van der Waals surface area (Å²) < 4.78 is 1.66. The largest absolute Gasteiger partial charge is 0.506 e. The number of aromatic nitrogens is 2. The van der Waals surface area contributed by atoms with Gasteiger partial charge in [-0.15, -0.1) is 0 Å². The van der Waals surface area contributed by atoms with Crippen LogP contribution in [-0.2, 0) is 7.05 Å². The number of carbonyl (C=O) groups excluding carboxylic acids is 1. The van der Waals surface area contributed by atoms with Crippen LogP contribution in [0.25, 0.3) is 0 Å². The number of amides is 2. The highest BCUT2D eigenvalue weighted by Crippen LogP contribution is 2.21. The van der Waals surface area contributed by atoms with E-state index in [0.717, 1.165) is 5.69 Å². The third-order valence-electron chi connectivity index (χ3n) is 2.51. The number of para-hydroxylation sites is 2. The summed E-state index contributed by atoms with van der Waals surface area (Å²) in [6, 6.07) is 7.82. The molecular formula is C12H14N4O2. The summed E-state index contributed by atoms with van der Waals surface area (Å²) in [4.78, 5) is 11.7. The van der Waals surface area contributed by atoms with Gasteiger partial charge in [0, 0.05) is 18.8 Å². The summed E-state index contributed by atoms with van der Waals surface area (Å²) in [5.74, 6) is 0.479. The molecule has 0 saturated heterocycles. The lowest BCUT2D eigenvalue weighted by Gasteiger charge is -2.06. The van der Waals surface area contributed by atoms with Crippen LogP contribution in [0.4, 0.5) is 16.3 Å². The number of nitrogens with one attached hydrogen (secondary N) is 2. The van der Waals surface area contributed by atoms with Gasteiger partial charge in [-0.1, -0.05) is 12.1 Å². The number of nitrogens with zero attached hydrogens (tertiary/aromatic N) is 2. The average Bonchev–Trinajstić information content (AvgIpc) is 2.61. The van der Waals surface area contributed by atoms with E-state index in [1.807, 2.05) is 6.92 Å². The van der Waals surface area contributed by atoms with Crippen molar-refractivity contribution in [1.29, 1.82) is 0 Å². The Morgan fingerprint density at radius 2 is 2.06 bits per heavy atom. The maximum absolute atomic E-state index is 11.7. The minimum Gasteiger partial charge on any atom is -0.506 e. The number of anilines is 2. The Hall–Kier alpha value is -2.50. The molecule has 18 heavy (non-hydrogen) atoms. The molecule has 1 aromatic carbocycles. The maximum Gasteiger partial charge on any atom is 0.325 e. The third kappa shape index (κ3) is 2.60. The highest BCUT2D eigenvalue weighted by Gasteiger charge is 2.08. The quantitative estimate of drug-likeness (QED) is 0.710. The molecule has 0 atom stereocenters. The Labute approximate surface area is 104 Å². The fourth-order valence-electron chi connectivity index (χ4n) is 1.47. The Morgan fingerprint density at radius 3 is 2.67 bits per heavy atom. The van der Waals surface area contributed by atoms with E-state index >= 15 is 0 Å². The van der Waals surface area contributed by atoms with E-state index in [1.165, 1.54) is 6.07 Å². The summed E-state index contributed by atoms with van der Waals surface area (Å²) in [6.07, 6.45) is 0. The van der Waals surface area contributed by atoms with Crippen molar-refractivity contribution in [2.24, 2.45) is 7.05 Å².